The zero-order chi connectivity index (χ0) is 12.5. The van der Waals surface area contributed by atoms with Crippen molar-refractivity contribution >= 4 is 0 Å². The van der Waals surface area contributed by atoms with Gasteiger partial charge < -0.3 is 10.1 Å². The second kappa shape index (κ2) is 5.27. The van der Waals surface area contributed by atoms with Crippen molar-refractivity contribution in [3.63, 3.8) is 0 Å². The van der Waals surface area contributed by atoms with Crippen molar-refractivity contribution in [2.24, 2.45) is 17.8 Å². The lowest BCUT2D eigenvalue weighted by Crippen LogP contribution is -2.37. The van der Waals surface area contributed by atoms with Crippen LogP contribution >= 0.6 is 0 Å². The van der Waals surface area contributed by atoms with E-state index in [1.807, 2.05) is 7.11 Å². The highest BCUT2D eigenvalue weighted by atomic mass is 16.5. The summed E-state index contributed by atoms with van der Waals surface area (Å²) in [6, 6.07) is 0.724. The smallest absolute Gasteiger partial charge is 0.0623 e. The molecule has 0 aliphatic heterocycles. The molecule has 0 aromatic carbocycles. The highest BCUT2D eigenvalue weighted by Gasteiger charge is 2.47. The number of nitrogens with one attached hydrogen (secondary N) is 1. The molecule has 3 atom stereocenters. The van der Waals surface area contributed by atoms with Crippen molar-refractivity contribution in [1.82, 2.24) is 5.32 Å². The predicted octanol–water partition coefficient (Wildman–Crippen LogP) is 3.22. The summed E-state index contributed by atoms with van der Waals surface area (Å²) in [6.45, 7) is 7.72. The fourth-order valence-electron chi connectivity index (χ4n) is 3.46. The van der Waals surface area contributed by atoms with E-state index in [1.165, 1.54) is 25.7 Å². The second-order valence-electron chi connectivity index (χ2n) is 6.65. The molecule has 0 amide bonds. The lowest BCUT2D eigenvalue weighted by Gasteiger charge is -2.30. The van der Waals surface area contributed by atoms with Gasteiger partial charge in [-0.3, -0.25) is 0 Å². The van der Waals surface area contributed by atoms with Crippen molar-refractivity contribution in [3.05, 3.63) is 0 Å². The molecule has 0 radical (unpaired) electrons. The molecule has 0 bridgehead atoms. The van der Waals surface area contributed by atoms with E-state index in [-0.39, 0.29) is 5.60 Å². The van der Waals surface area contributed by atoms with E-state index in [0.29, 0.717) is 0 Å². The molecule has 0 spiro atoms. The van der Waals surface area contributed by atoms with Crippen LogP contribution in [-0.4, -0.2) is 25.3 Å². The lowest BCUT2D eigenvalue weighted by molar-refractivity contribution is 0.0101. The van der Waals surface area contributed by atoms with E-state index in [2.05, 4.69) is 26.1 Å². The Bertz CT molecular complexity index is 241. The van der Waals surface area contributed by atoms with Crippen LogP contribution < -0.4 is 5.32 Å². The summed E-state index contributed by atoms with van der Waals surface area (Å²) < 4.78 is 5.53. The van der Waals surface area contributed by atoms with Gasteiger partial charge >= 0.3 is 0 Å². The summed E-state index contributed by atoms with van der Waals surface area (Å²) in [7, 11) is 1.83. The van der Waals surface area contributed by atoms with E-state index in [0.717, 1.165) is 36.8 Å². The van der Waals surface area contributed by atoms with Crippen LogP contribution in [0.15, 0.2) is 0 Å². The quantitative estimate of drug-likeness (QED) is 0.736. The molecule has 2 rings (SSSR count). The maximum absolute atomic E-state index is 5.53. The number of fused-ring (bicyclic) bond motifs is 1. The zero-order valence-electron chi connectivity index (χ0n) is 12.0. The standard InChI is InChI=1S/C15H29NO/c1-5-16-14(6-7-15(2,3)17-4)13-9-11-8-12(11)10-13/h11-14,16H,5-10H2,1-4H3. The van der Waals surface area contributed by atoms with Gasteiger partial charge in [0.05, 0.1) is 5.60 Å². The first-order valence-corrected chi connectivity index (χ1v) is 7.34. The molecule has 0 aromatic rings. The third-order valence-corrected chi connectivity index (χ3v) is 4.93. The molecule has 0 heterocycles. The van der Waals surface area contributed by atoms with E-state index < -0.39 is 0 Å². The van der Waals surface area contributed by atoms with Crippen LogP contribution in [0.1, 0.15) is 52.9 Å². The summed E-state index contributed by atoms with van der Waals surface area (Å²) in [4.78, 5) is 0. The van der Waals surface area contributed by atoms with Crippen LogP contribution in [0.4, 0.5) is 0 Å². The SMILES string of the molecule is CCNC(CCC(C)(C)OC)C1CC2CC2C1. The number of rotatable bonds is 7. The van der Waals surface area contributed by atoms with Gasteiger partial charge in [-0.05, 0) is 70.3 Å². The molecule has 0 saturated heterocycles. The summed E-state index contributed by atoms with van der Waals surface area (Å²) >= 11 is 0. The molecule has 100 valence electrons. The highest BCUT2D eigenvalue weighted by molar-refractivity contribution is 4.99. The Kier molecular flexibility index (Phi) is 4.14. The van der Waals surface area contributed by atoms with Crippen molar-refractivity contribution in [2.45, 2.75) is 64.5 Å². The molecule has 2 aliphatic rings. The van der Waals surface area contributed by atoms with Crippen LogP contribution in [0.2, 0.25) is 0 Å². The zero-order valence-corrected chi connectivity index (χ0v) is 12.0. The Hall–Kier alpha value is -0.0800. The predicted molar refractivity (Wildman–Crippen MR) is 72.1 cm³/mol. The Morgan fingerprint density at radius 3 is 2.41 bits per heavy atom. The Morgan fingerprint density at radius 2 is 1.88 bits per heavy atom. The summed E-state index contributed by atoms with van der Waals surface area (Å²) in [5.74, 6) is 3.12. The summed E-state index contributed by atoms with van der Waals surface area (Å²) in [5.41, 5.74) is 0.0369. The first-order chi connectivity index (χ1) is 8.05. The average molecular weight is 239 g/mol. The first-order valence-electron chi connectivity index (χ1n) is 7.34. The Balaban J connectivity index is 1.80. The highest BCUT2D eigenvalue weighted by Crippen LogP contribution is 2.55. The van der Waals surface area contributed by atoms with Crippen molar-refractivity contribution in [2.75, 3.05) is 13.7 Å². The van der Waals surface area contributed by atoms with Crippen LogP contribution in [-0.2, 0) is 4.74 Å². The number of ether oxygens (including phenoxy) is 1. The minimum atomic E-state index is 0.0369. The van der Waals surface area contributed by atoms with Crippen molar-refractivity contribution in [3.8, 4) is 0 Å². The van der Waals surface area contributed by atoms with Gasteiger partial charge in [0.15, 0.2) is 0 Å². The normalized spacial score (nSPS) is 33.5. The van der Waals surface area contributed by atoms with Crippen LogP contribution in [0.3, 0.4) is 0 Å². The van der Waals surface area contributed by atoms with E-state index in [9.17, 15) is 0 Å². The summed E-state index contributed by atoms with van der Waals surface area (Å²) in [6.07, 6.45) is 6.91. The topological polar surface area (TPSA) is 21.3 Å². The third-order valence-electron chi connectivity index (χ3n) is 4.93. The molecule has 2 nitrogen and oxygen atoms in total. The number of hydrogen-bond donors (Lipinski definition) is 1. The molecular formula is C15H29NO. The van der Waals surface area contributed by atoms with Gasteiger partial charge in [-0.15, -0.1) is 0 Å². The van der Waals surface area contributed by atoms with Crippen molar-refractivity contribution < 1.29 is 4.74 Å². The number of hydrogen-bond acceptors (Lipinski definition) is 2. The molecule has 3 unspecified atom stereocenters. The van der Waals surface area contributed by atoms with Gasteiger partial charge in [-0.25, -0.2) is 0 Å². The Morgan fingerprint density at radius 1 is 1.24 bits per heavy atom. The van der Waals surface area contributed by atoms with Crippen LogP contribution in [0, 0.1) is 17.8 Å². The fraction of sp³-hybridized carbons (Fsp3) is 1.00. The Labute approximate surface area is 107 Å². The molecular weight excluding hydrogens is 210 g/mol. The summed E-state index contributed by atoms with van der Waals surface area (Å²) in [5, 5.41) is 3.71. The minimum absolute atomic E-state index is 0.0369. The second-order valence-corrected chi connectivity index (χ2v) is 6.65. The first kappa shape index (κ1) is 13.4. The maximum atomic E-state index is 5.53. The lowest BCUT2D eigenvalue weighted by atomic mass is 9.88. The molecule has 2 saturated carbocycles. The van der Waals surface area contributed by atoms with Gasteiger partial charge in [0.1, 0.15) is 0 Å². The third kappa shape index (κ3) is 3.45. The number of methoxy groups -OCH3 is 1. The van der Waals surface area contributed by atoms with E-state index in [1.54, 1.807) is 0 Å². The molecule has 2 fully saturated rings. The van der Waals surface area contributed by atoms with Gasteiger partial charge in [0.25, 0.3) is 0 Å². The van der Waals surface area contributed by atoms with Crippen LogP contribution in [0.25, 0.3) is 0 Å². The fourth-order valence-corrected chi connectivity index (χ4v) is 3.46. The monoisotopic (exact) mass is 239 g/mol. The van der Waals surface area contributed by atoms with Gasteiger partial charge in [0, 0.05) is 13.2 Å². The van der Waals surface area contributed by atoms with E-state index >= 15 is 0 Å². The van der Waals surface area contributed by atoms with Gasteiger partial charge in [-0.1, -0.05) is 6.92 Å². The molecule has 2 aliphatic carbocycles. The van der Waals surface area contributed by atoms with E-state index in [4.69, 9.17) is 4.74 Å². The van der Waals surface area contributed by atoms with Crippen LogP contribution in [0.5, 0.6) is 0 Å². The molecule has 2 heteroatoms. The average Bonchev–Trinajstić information content (AvgIpc) is 2.92. The largest absolute Gasteiger partial charge is 0.379 e. The molecule has 0 aromatic heterocycles. The maximum Gasteiger partial charge on any atom is 0.0623 e. The van der Waals surface area contributed by atoms with Gasteiger partial charge in [0.2, 0.25) is 0 Å². The van der Waals surface area contributed by atoms with Gasteiger partial charge in [-0.2, -0.15) is 0 Å². The molecule has 1 N–H and O–H groups in total. The minimum Gasteiger partial charge on any atom is -0.379 e. The van der Waals surface area contributed by atoms with Crippen molar-refractivity contribution in [1.29, 1.82) is 0 Å². The molecule has 17 heavy (non-hydrogen) atoms.